The van der Waals surface area contributed by atoms with E-state index < -0.39 is 5.97 Å². The van der Waals surface area contributed by atoms with Gasteiger partial charge in [-0.15, -0.1) is 0 Å². The Labute approximate surface area is 98.8 Å². The summed E-state index contributed by atoms with van der Waals surface area (Å²) in [5, 5.41) is 8.66. The van der Waals surface area contributed by atoms with Crippen molar-refractivity contribution < 1.29 is 9.53 Å². The van der Waals surface area contributed by atoms with Gasteiger partial charge in [-0.2, -0.15) is 5.26 Å². The second-order valence-corrected chi connectivity index (χ2v) is 3.03. The van der Waals surface area contributed by atoms with Crippen LogP contribution in [0.25, 0.3) is 5.70 Å². The van der Waals surface area contributed by atoms with E-state index >= 15 is 0 Å². The van der Waals surface area contributed by atoms with Crippen molar-refractivity contribution in [1.82, 2.24) is 0 Å². The zero-order valence-corrected chi connectivity index (χ0v) is 9.25. The minimum absolute atomic E-state index is 0.341. The molecule has 17 heavy (non-hydrogen) atoms. The lowest BCUT2D eigenvalue weighted by Crippen LogP contribution is -2.13. The zero-order valence-electron chi connectivity index (χ0n) is 9.25. The van der Waals surface area contributed by atoms with E-state index in [9.17, 15) is 4.79 Å². The van der Waals surface area contributed by atoms with E-state index in [1.165, 1.54) is 13.3 Å². The molecule has 0 amide bonds. The van der Waals surface area contributed by atoms with E-state index in [4.69, 9.17) is 11.0 Å². The zero-order chi connectivity index (χ0) is 12.7. The van der Waals surface area contributed by atoms with Crippen molar-refractivity contribution in [3.8, 4) is 6.07 Å². The number of ether oxygens (including phenoxy) is 1. The molecule has 0 aliphatic rings. The molecule has 5 heteroatoms. The van der Waals surface area contributed by atoms with Gasteiger partial charge in [0, 0.05) is 0 Å². The summed E-state index contributed by atoms with van der Waals surface area (Å²) < 4.78 is 4.38. The normalized spacial score (nSPS) is 11.8. The van der Waals surface area contributed by atoms with Crippen LogP contribution in [0, 0.1) is 11.3 Å². The first-order valence-corrected chi connectivity index (χ1v) is 4.76. The van der Waals surface area contributed by atoms with Gasteiger partial charge in [-0.3, -0.25) is 0 Å². The molecule has 1 aromatic carbocycles. The third kappa shape index (κ3) is 3.47. The number of aliphatic imine (C=N–C) groups is 1. The number of rotatable bonds is 3. The molecule has 5 nitrogen and oxygen atoms in total. The maximum atomic E-state index is 11.0. The number of methoxy groups -OCH3 is 1. The standard InChI is InChI=1S/C12H11N3O2/c1-17-12(16)11(7-13)15-8-10(14)9-5-3-2-4-6-9/h2-6,8H,14H2,1H3. The molecule has 0 fully saturated rings. The Hall–Kier alpha value is -2.61. The Morgan fingerprint density at radius 1 is 1.47 bits per heavy atom. The highest BCUT2D eigenvalue weighted by Gasteiger charge is 2.09. The summed E-state index contributed by atoms with van der Waals surface area (Å²) in [5.41, 5.74) is 6.52. The van der Waals surface area contributed by atoms with Crippen LogP contribution in [0.1, 0.15) is 5.56 Å². The number of hydrogen-bond acceptors (Lipinski definition) is 5. The van der Waals surface area contributed by atoms with Crippen LogP contribution in [0.5, 0.6) is 0 Å². The summed E-state index contributed by atoms with van der Waals surface area (Å²) in [4.78, 5) is 14.7. The third-order valence-corrected chi connectivity index (χ3v) is 1.92. The van der Waals surface area contributed by atoms with Crippen LogP contribution in [-0.4, -0.2) is 18.8 Å². The van der Waals surface area contributed by atoms with Crippen LogP contribution in [-0.2, 0) is 9.53 Å². The van der Waals surface area contributed by atoms with Crippen LogP contribution in [0.2, 0.25) is 0 Å². The van der Waals surface area contributed by atoms with E-state index in [1.807, 2.05) is 18.2 Å². The third-order valence-electron chi connectivity index (χ3n) is 1.92. The molecule has 1 rings (SSSR count). The second kappa shape index (κ2) is 6.08. The van der Waals surface area contributed by atoms with Gasteiger partial charge in [-0.1, -0.05) is 30.3 Å². The van der Waals surface area contributed by atoms with Gasteiger partial charge in [0.05, 0.1) is 19.0 Å². The quantitative estimate of drug-likeness (QED) is 0.620. The van der Waals surface area contributed by atoms with Gasteiger partial charge in [-0.05, 0) is 5.56 Å². The summed E-state index contributed by atoms with van der Waals surface area (Å²) in [7, 11) is 1.18. The molecule has 0 aliphatic heterocycles. The van der Waals surface area contributed by atoms with Gasteiger partial charge < -0.3 is 10.5 Å². The van der Waals surface area contributed by atoms with Crippen molar-refractivity contribution in [1.29, 1.82) is 5.26 Å². The Balaban J connectivity index is 2.94. The molecule has 0 bridgehead atoms. The van der Waals surface area contributed by atoms with Crippen molar-refractivity contribution in [3.63, 3.8) is 0 Å². The van der Waals surface area contributed by atoms with E-state index in [0.717, 1.165) is 5.56 Å². The van der Waals surface area contributed by atoms with Crippen molar-refractivity contribution in [2.45, 2.75) is 0 Å². The fourth-order valence-electron chi connectivity index (χ4n) is 1.06. The van der Waals surface area contributed by atoms with Gasteiger partial charge in [0.15, 0.2) is 0 Å². The maximum absolute atomic E-state index is 11.0. The second-order valence-electron chi connectivity index (χ2n) is 3.03. The van der Waals surface area contributed by atoms with Crippen LogP contribution < -0.4 is 5.73 Å². The predicted molar refractivity (Wildman–Crippen MR) is 63.7 cm³/mol. The molecule has 0 atom stereocenters. The molecule has 0 spiro atoms. The maximum Gasteiger partial charge on any atom is 0.367 e. The van der Waals surface area contributed by atoms with Gasteiger partial charge in [0.25, 0.3) is 0 Å². The molecule has 86 valence electrons. The fourth-order valence-corrected chi connectivity index (χ4v) is 1.06. The molecule has 0 aromatic heterocycles. The van der Waals surface area contributed by atoms with Gasteiger partial charge >= 0.3 is 5.97 Å². The van der Waals surface area contributed by atoms with E-state index in [0.29, 0.717) is 5.70 Å². The van der Waals surface area contributed by atoms with Crippen molar-refractivity contribution in [2.24, 2.45) is 10.7 Å². The molecule has 0 saturated carbocycles. The predicted octanol–water partition coefficient (Wildman–Crippen LogP) is 1.08. The topological polar surface area (TPSA) is 88.5 Å². The van der Waals surface area contributed by atoms with Crippen molar-refractivity contribution in [3.05, 3.63) is 42.1 Å². The van der Waals surface area contributed by atoms with Crippen LogP contribution in [0.15, 0.2) is 41.5 Å². The summed E-state index contributed by atoms with van der Waals surface area (Å²) in [6.07, 6.45) is 1.25. The number of benzene rings is 1. The van der Waals surface area contributed by atoms with Gasteiger partial charge in [0.1, 0.15) is 6.07 Å². The van der Waals surface area contributed by atoms with Gasteiger partial charge in [0.2, 0.25) is 5.71 Å². The molecule has 0 heterocycles. The Bertz CT molecular complexity index is 498. The average Bonchev–Trinajstić information content (AvgIpc) is 2.39. The largest absolute Gasteiger partial charge is 0.464 e. The fraction of sp³-hybridized carbons (Fsp3) is 0.0833. The van der Waals surface area contributed by atoms with E-state index in [-0.39, 0.29) is 5.71 Å². The first-order valence-electron chi connectivity index (χ1n) is 4.76. The Morgan fingerprint density at radius 2 is 2.12 bits per heavy atom. The number of nitrogens with zero attached hydrogens (tertiary/aromatic N) is 2. The highest BCUT2D eigenvalue weighted by Crippen LogP contribution is 2.07. The molecular formula is C12H11N3O2. The molecule has 1 aromatic rings. The summed E-state index contributed by atoms with van der Waals surface area (Å²) in [6, 6.07) is 10.7. The first kappa shape index (κ1) is 12.5. The number of nitrogens with two attached hydrogens (primary N) is 1. The highest BCUT2D eigenvalue weighted by atomic mass is 16.5. The average molecular weight is 229 g/mol. The number of nitriles is 1. The smallest absolute Gasteiger partial charge is 0.367 e. The monoisotopic (exact) mass is 229 g/mol. The summed E-state index contributed by atoms with van der Waals surface area (Å²) >= 11 is 0. The molecule has 0 aliphatic carbocycles. The van der Waals surface area contributed by atoms with Crippen molar-refractivity contribution in [2.75, 3.05) is 7.11 Å². The van der Waals surface area contributed by atoms with Crippen LogP contribution in [0.3, 0.4) is 0 Å². The van der Waals surface area contributed by atoms with Crippen LogP contribution >= 0.6 is 0 Å². The van der Waals surface area contributed by atoms with Crippen LogP contribution in [0.4, 0.5) is 0 Å². The Morgan fingerprint density at radius 3 is 2.65 bits per heavy atom. The molecular weight excluding hydrogens is 218 g/mol. The number of hydrogen-bond donors (Lipinski definition) is 1. The number of carbonyl (C=O) groups excluding carboxylic acids is 1. The van der Waals surface area contributed by atoms with E-state index in [2.05, 4.69) is 9.73 Å². The lowest BCUT2D eigenvalue weighted by molar-refractivity contribution is -0.132. The molecule has 2 N–H and O–H groups in total. The highest BCUT2D eigenvalue weighted by molar-refractivity contribution is 6.43. The lowest BCUT2D eigenvalue weighted by Gasteiger charge is -1.98. The lowest BCUT2D eigenvalue weighted by atomic mass is 10.2. The SMILES string of the molecule is COC(=O)C(C#N)=NC=C(N)c1ccccc1. The first-order chi connectivity index (χ1) is 8.19. The minimum Gasteiger partial charge on any atom is -0.464 e. The minimum atomic E-state index is -0.787. The molecule has 0 saturated heterocycles. The molecule has 0 radical (unpaired) electrons. The molecule has 0 unspecified atom stereocenters. The Kier molecular flexibility index (Phi) is 4.45. The number of esters is 1. The van der Waals surface area contributed by atoms with E-state index in [1.54, 1.807) is 18.2 Å². The van der Waals surface area contributed by atoms with Gasteiger partial charge in [-0.25, -0.2) is 9.79 Å². The summed E-state index contributed by atoms with van der Waals surface area (Å²) in [5.74, 6) is -0.787. The summed E-state index contributed by atoms with van der Waals surface area (Å²) in [6.45, 7) is 0. The van der Waals surface area contributed by atoms with Crippen molar-refractivity contribution >= 4 is 17.4 Å². The number of carbonyl (C=O) groups is 1.